The topological polar surface area (TPSA) is 142 Å². The average molecular weight is 439 g/mol. The van der Waals surface area contributed by atoms with Crippen molar-refractivity contribution in [3.05, 3.63) is 79.1 Å². The number of ether oxygens (including phenoxy) is 1. The fourth-order valence-corrected chi connectivity index (χ4v) is 3.21. The van der Waals surface area contributed by atoms with E-state index in [-0.39, 0.29) is 40.7 Å². The number of carbonyl (C=O) groups is 1. The zero-order valence-corrected chi connectivity index (χ0v) is 17.9. The van der Waals surface area contributed by atoms with Gasteiger partial charge in [0.05, 0.1) is 21.6 Å². The Morgan fingerprint density at radius 2 is 1.78 bits per heavy atom. The molecule has 11 heteroatoms. The van der Waals surface area contributed by atoms with Gasteiger partial charge < -0.3 is 10.1 Å². The molecular formula is C21H21N5O6. The number of amides is 1. The van der Waals surface area contributed by atoms with E-state index in [0.717, 1.165) is 11.1 Å². The summed E-state index contributed by atoms with van der Waals surface area (Å²) in [6.45, 7) is 6.43. The first-order chi connectivity index (χ1) is 15.0. The zero-order valence-electron chi connectivity index (χ0n) is 17.9. The number of nitro groups is 2. The Morgan fingerprint density at radius 1 is 1.06 bits per heavy atom. The van der Waals surface area contributed by atoms with Crippen LogP contribution in [0.25, 0.3) is 0 Å². The molecule has 0 spiro atoms. The molecule has 3 aromatic rings. The molecule has 11 nitrogen and oxygen atoms in total. The van der Waals surface area contributed by atoms with E-state index in [1.54, 1.807) is 0 Å². The minimum Gasteiger partial charge on any atom is -0.457 e. The molecule has 1 heterocycles. The molecule has 3 rings (SSSR count). The molecule has 0 saturated heterocycles. The Balaban J connectivity index is 1.85. The number of rotatable bonds is 7. The van der Waals surface area contributed by atoms with Crippen molar-refractivity contribution in [2.75, 3.05) is 5.32 Å². The van der Waals surface area contributed by atoms with E-state index in [4.69, 9.17) is 4.74 Å². The van der Waals surface area contributed by atoms with Gasteiger partial charge in [-0.25, -0.2) is 0 Å². The molecule has 32 heavy (non-hydrogen) atoms. The van der Waals surface area contributed by atoms with Gasteiger partial charge in [-0.3, -0.25) is 29.7 Å². The van der Waals surface area contributed by atoms with Crippen molar-refractivity contribution in [3.63, 3.8) is 0 Å². The second kappa shape index (κ2) is 8.84. The number of nitrogens with one attached hydrogen (secondary N) is 1. The number of nitrogens with zero attached hydrogens (tertiary/aromatic N) is 4. The van der Waals surface area contributed by atoms with Crippen LogP contribution in [-0.4, -0.2) is 25.5 Å². The number of hydrogen-bond donors (Lipinski definition) is 1. The maximum absolute atomic E-state index is 12.5. The molecule has 2 aromatic carbocycles. The summed E-state index contributed by atoms with van der Waals surface area (Å²) in [5.74, 6) is 0.173. The van der Waals surface area contributed by atoms with Gasteiger partial charge in [0.1, 0.15) is 29.4 Å². The molecule has 1 amide bonds. The highest BCUT2D eigenvalue weighted by atomic mass is 16.6. The maximum atomic E-state index is 12.5. The number of hydrogen-bond acceptors (Lipinski definition) is 7. The van der Waals surface area contributed by atoms with E-state index in [9.17, 15) is 25.0 Å². The van der Waals surface area contributed by atoms with Crippen molar-refractivity contribution in [1.29, 1.82) is 0 Å². The molecule has 0 fully saturated rings. The lowest BCUT2D eigenvalue weighted by Crippen LogP contribution is -2.20. The van der Waals surface area contributed by atoms with Crippen LogP contribution in [0.4, 0.5) is 17.1 Å². The summed E-state index contributed by atoms with van der Waals surface area (Å²) in [7, 11) is 0. The third-order valence-electron chi connectivity index (χ3n) is 4.78. The van der Waals surface area contributed by atoms with E-state index in [1.165, 1.54) is 36.7 Å². The molecule has 0 bridgehead atoms. The Bertz CT molecular complexity index is 1230. The van der Waals surface area contributed by atoms with E-state index in [1.807, 2.05) is 32.0 Å². The molecular weight excluding hydrogens is 418 g/mol. The number of aryl methyl sites for hydroxylation is 3. The largest absolute Gasteiger partial charge is 0.457 e. The van der Waals surface area contributed by atoms with Gasteiger partial charge in [0, 0.05) is 12.1 Å². The molecule has 0 aliphatic rings. The van der Waals surface area contributed by atoms with Crippen LogP contribution in [0.3, 0.4) is 0 Å². The summed E-state index contributed by atoms with van der Waals surface area (Å²) in [6.07, 6.45) is 0. The van der Waals surface area contributed by atoms with Gasteiger partial charge in [-0.05, 0) is 44.9 Å². The SMILES string of the molecule is Cc1ccc(C)c(Oc2cc(NC(=O)Cn3nc(C)c([N+](=O)[O-])c3C)cc([N+](=O)[O-])c2)c1. The Labute approximate surface area is 182 Å². The Morgan fingerprint density at radius 3 is 2.41 bits per heavy atom. The zero-order chi connectivity index (χ0) is 23.6. The smallest absolute Gasteiger partial charge is 0.312 e. The second-order valence-electron chi connectivity index (χ2n) is 7.33. The number of aromatic nitrogens is 2. The standard InChI is InChI=1S/C21H21N5O6/c1-12-5-6-13(2)19(7-12)32-18-9-16(8-17(10-18)25(28)29)22-20(27)11-24-15(4)21(26(30)31)14(3)23-24/h5-10H,11H2,1-4H3,(H,22,27). The van der Waals surface area contributed by atoms with Crippen LogP contribution in [0.2, 0.25) is 0 Å². The van der Waals surface area contributed by atoms with Crippen LogP contribution < -0.4 is 10.1 Å². The second-order valence-corrected chi connectivity index (χ2v) is 7.33. The van der Waals surface area contributed by atoms with E-state index < -0.39 is 15.8 Å². The van der Waals surface area contributed by atoms with Gasteiger partial charge in [-0.15, -0.1) is 0 Å². The Hall–Kier alpha value is -4.28. The van der Waals surface area contributed by atoms with Gasteiger partial charge >= 0.3 is 5.69 Å². The summed E-state index contributed by atoms with van der Waals surface area (Å²) in [6, 6.07) is 9.54. The first-order valence-electron chi connectivity index (χ1n) is 9.58. The van der Waals surface area contributed by atoms with E-state index >= 15 is 0 Å². The first kappa shape index (κ1) is 22.4. The maximum Gasteiger partial charge on any atom is 0.312 e. The Kier molecular flexibility index (Phi) is 6.19. The van der Waals surface area contributed by atoms with Crippen molar-refractivity contribution in [1.82, 2.24) is 9.78 Å². The van der Waals surface area contributed by atoms with Crippen molar-refractivity contribution in [2.45, 2.75) is 34.2 Å². The number of non-ortho nitro benzene ring substituents is 1. The van der Waals surface area contributed by atoms with Crippen molar-refractivity contribution >= 4 is 23.0 Å². The third-order valence-corrected chi connectivity index (χ3v) is 4.78. The van der Waals surface area contributed by atoms with Crippen LogP contribution in [-0.2, 0) is 11.3 Å². The predicted molar refractivity (Wildman–Crippen MR) is 116 cm³/mol. The van der Waals surface area contributed by atoms with Gasteiger partial charge in [0.25, 0.3) is 5.69 Å². The van der Waals surface area contributed by atoms with Gasteiger partial charge in [-0.1, -0.05) is 12.1 Å². The molecule has 1 aromatic heterocycles. The fraction of sp³-hybridized carbons (Fsp3) is 0.238. The highest BCUT2D eigenvalue weighted by Gasteiger charge is 2.23. The minimum absolute atomic E-state index is 0.153. The summed E-state index contributed by atoms with van der Waals surface area (Å²) >= 11 is 0. The molecule has 1 N–H and O–H groups in total. The van der Waals surface area contributed by atoms with Crippen molar-refractivity contribution < 1.29 is 19.4 Å². The van der Waals surface area contributed by atoms with Crippen LogP contribution in [0.5, 0.6) is 11.5 Å². The first-order valence-corrected chi connectivity index (χ1v) is 9.58. The lowest BCUT2D eigenvalue weighted by atomic mass is 10.1. The van der Waals surface area contributed by atoms with Gasteiger partial charge in [0.15, 0.2) is 0 Å². The van der Waals surface area contributed by atoms with Gasteiger partial charge in [0.2, 0.25) is 5.91 Å². The lowest BCUT2D eigenvalue weighted by molar-refractivity contribution is -0.386. The predicted octanol–water partition coefficient (Wildman–Crippen LogP) is 4.36. The molecule has 0 aliphatic carbocycles. The summed E-state index contributed by atoms with van der Waals surface area (Å²) in [5, 5.41) is 29.1. The monoisotopic (exact) mass is 439 g/mol. The number of carbonyl (C=O) groups excluding carboxylic acids is 1. The van der Waals surface area contributed by atoms with Crippen LogP contribution in [0.1, 0.15) is 22.5 Å². The molecule has 0 aliphatic heterocycles. The van der Waals surface area contributed by atoms with Crippen LogP contribution >= 0.6 is 0 Å². The van der Waals surface area contributed by atoms with E-state index in [2.05, 4.69) is 10.4 Å². The molecule has 0 unspecified atom stereocenters. The fourth-order valence-electron chi connectivity index (χ4n) is 3.21. The van der Waals surface area contributed by atoms with Crippen LogP contribution in [0.15, 0.2) is 36.4 Å². The quantitative estimate of drug-likeness (QED) is 0.425. The summed E-state index contributed by atoms with van der Waals surface area (Å²) < 4.78 is 7.05. The minimum atomic E-state index is -0.587. The molecule has 0 saturated carbocycles. The van der Waals surface area contributed by atoms with Gasteiger partial charge in [-0.2, -0.15) is 5.10 Å². The lowest BCUT2D eigenvalue weighted by Gasteiger charge is -2.12. The third kappa shape index (κ3) is 4.89. The number of anilines is 1. The van der Waals surface area contributed by atoms with Crippen molar-refractivity contribution in [3.8, 4) is 11.5 Å². The molecule has 0 atom stereocenters. The number of nitro benzene ring substituents is 1. The van der Waals surface area contributed by atoms with Crippen molar-refractivity contribution in [2.24, 2.45) is 0 Å². The number of benzene rings is 2. The molecule has 166 valence electrons. The summed E-state index contributed by atoms with van der Waals surface area (Å²) in [5.41, 5.74) is 1.98. The van der Waals surface area contributed by atoms with E-state index in [0.29, 0.717) is 5.75 Å². The van der Waals surface area contributed by atoms with Crippen LogP contribution in [0, 0.1) is 47.9 Å². The highest BCUT2D eigenvalue weighted by molar-refractivity contribution is 5.91. The molecule has 0 radical (unpaired) electrons. The highest BCUT2D eigenvalue weighted by Crippen LogP contribution is 2.32. The normalized spacial score (nSPS) is 10.6. The summed E-state index contributed by atoms with van der Waals surface area (Å²) in [4.78, 5) is 33.9. The average Bonchev–Trinajstić information content (AvgIpc) is 2.97.